The average molecular weight is 494 g/mol. The minimum absolute atomic E-state index is 0.0341. The lowest BCUT2D eigenvalue weighted by Crippen LogP contribution is -2.53. The fourth-order valence-electron chi connectivity index (χ4n) is 3.29. The molecule has 2 amide bonds. The minimum atomic E-state index is -3.91. The van der Waals surface area contributed by atoms with Crippen molar-refractivity contribution < 1.29 is 18.0 Å². The van der Waals surface area contributed by atoms with Gasteiger partial charge in [0.2, 0.25) is 21.8 Å². The minimum Gasteiger partial charge on any atom is -0.352 e. The number of nitrogens with zero attached hydrogens (tertiary/aromatic N) is 2. The summed E-state index contributed by atoms with van der Waals surface area (Å²) in [5.41, 5.74) is 0.851. The Balaban J connectivity index is 2.29. The van der Waals surface area contributed by atoms with Crippen molar-refractivity contribution in [1.29, 1.82) is 0 Å². The maximum absolute atomic E-state index is 13.4. The van der Waals surface area contributed by atoms with Crippen LogP contribution in [0.25, 0.3) is 0 Å². The molecular formula is C24H32ClN3O4S. The van der Waals surface area contributed by atoms with Gasteiger partial charge in [-0.15, -0.1) is 0 Å². The van der Waals surface area contributed by atoms with Crippen LogP contribution in [0.15, 0.2) is 59.5 Å². The molecule has 0 saturated carbocycles. The van der Waals surface area contributed by atoms with Crippen LogP contribution in [0.5, 0.6) is 0 Å². The Labute approximate surface area is 201 Å². The molecule has 2 aromatic carbocycles. The van der Waals surface area contributed by atoms with Crippen LogP contribution < -0.4 is 5.32 Å². The van der Waals surface area contributed by atoms with E-state index >= 15 is 0 Å². The molecule has 0 radical (unpaired) electrons. The molecule has 33 heavy (non-hydrogen) atoms. The van der Waals surface area contributed by atoms with E-state index in [1.54, 1.807) is 0 Å². The molecule has 0 fully saturated rings. The maximum Gasteiger partial charge on any atom is 0.243 e. The number of carbonyl (C=O) groups excluding carboxylic acids is 2. The van der Waals surface area contributed by atoms with Crippen molar-refractivity contribution in [2.24, 2.45) is 0 Å². The molecule has 2 atom stereocenters. The highest BCUT2D eigenvalue weighted by atomic mass is 35.5. The molecule has 0 aliphatic heterocycles. The predicted octanol–water partition coefficient (Wildman–Crippen LogP) is 3.68. The second-order valence-electron chi connectivity index (χ2n) is 7.96. The van der Waals surface area contributed by atoms with Gasteiger partial charge in [-0.3, -0.25) is 9.59 Å². The van der Waals surface area contributed by atoms with Crippen molar-refractivity contribution in [2.45, 2.75) is 57.1 Å². The summed E-state index contributed by atoms with van der Waals surface area (Å²) in [4.78, 5) is 27.8. The summed E-state index contributed by atoms with van der Waals surface area (Å²) in [5.74, 6) is -0.704. The van der Waals surface area contributed by atoms with E-state index in [1.807, 2.05) is 51.1 Å². The van der Waals surface area contributed by atoms with Crippen LogP contribution in [0.1, 0.15) is 39.2 Å². The SMILES string of the molecule is CC[C@@H](C)NC(=O)[C@@H](CC)N(Cc1ccccc1)C(=O)CN(C)S(=O)(=O)c1ccc(Cl)cc1. The van der Waals surface area contributed by atoms with Crippen LogP contribution in [0.4, 0.5) is 0 Å². The van der Waals surface area contributed by atoms with Gasteiger partial charge in [0.1, 0.15) is 6.04 Å². The number of hydrogen-bond donors (Lipinski definition) is 1. The van der Waals surface area contributed by atoms with Crippen LogP contribution in [0.3, 0.4) is 0 Å². The predicted molar refractivity (Wildman–Crippen MR) is 130 cm³/mol. The highest BCUT2D eigenvalue weighted by Gasteiger charge is 2.32. The molecule has 0 heterocycles. The van der Waals surface area contributed by atoms with E-state index in [0.717, 1.165) is 16.3 Å². The molecule has 7 nitrogen and oxygen atoms in total. The number of halogens is 1. The summed E-state index contributed by atoms with van der Waals surface area (Å²) in [6.45, 7) is 5.50. The van der Waals surface area contributed by atoms with Gasteiger partial charge in [-0.1, -0.05) is 55.8 Å². The van der Waals surface area contributed by atoms with Crippen molar-refractivity contribution in [1.82, 2.24) is 14.5 Å². The highest BCUT2D eigenvalue weighted by Crippen LogP contribution is 2.19. The molecule has 2 rings (SSSR count). The van der Waals surface area contributed by atoms with Gasteiger partial charge in [0.15, 0.2) is 0 Å². The number of sulfonamides is 1. The van der Waals surface area contributed by atoms with Crippen molar-refractivity contribution in [3.05, 3.63) is 65.2 Å². The van der Waals surface area contributed by atoms with Gasteiger partial charge < -0.3 is 10.2 Å². The zero-order valence-corrected chi connectivity index (χ0v) is 21.1. The first kappa shape index (κ1) is 26.8. The summed E-state index contributed by atoms with van der Waals surface area (Å²) >= 11 is 5.86. The summed E-state index contributed by atoms with van der Waals surface area (Å²) in [6.07, 6.45) is 1.16. The molecule has 0 aliphatic carbocycles. The van der Waals surface area contributed by atoms with E-state index in [4.69, 9.17) is 11.6 Å². The largest absolute Gasteiger partial charge is 0.352 e. The van der Waals surface area contributed by atoms with Crippen LogP contribution in [-0.4, -0.2) is 55.1 Å². The van der Waals surface area contributed by atoms with E-state index < -0.39 is 28.5 Å². The second kappa shape index (κ2) is 12.2. The number of nitrogens with one attached hydrogen (secondary N) is 1. The molecule has 0 aromatic heterocycles. The molecule has 0 saturated heterocycles. The van der Waals surface area contributed by atoms with Crippen molar-refractivity contribution >= 4 is 33.4 Å². The lowest BCUT2D eigenvalue weighted by molar-refractivity contribution is -0.141. The third kappa shape index (κ3) is 7.28. The van der Waals surface area contributed by atoms with Crippen LogP contribution >= 0.6 is 11.6 Å². The molecular weight excluding hydrogens is 462 g/mol. The molecule has 0 spiro atoms. The molecule has 2 aromatic rings. The third-order valence-electron chi connectivity index (χ3n) is 5.46. The summed E-state index contributed by atoms with van der Waals surface area (Å²) in [7, 11) is -2.56. The Hall–Kier alpha value is -2.42. The van der Waals surface area contributed by atoms with E-state index in [2.05, 4.69) is 5.32 Å². The van der Waals surface area contributed by atoms with Gasteiger partial charge in [0.05, 0.1) is 11.4 Å². The lowest BCUT2D eigenvalue weighted by atomic mass is 10.1. The number of carbonyl (C=O) groups is 2. The monoisotopic (exact) mass is 493 g/mol. The summed E-state index contributed by atoms with van der Waals surface area (Å²) in [5, 5.41) is 3.36. The van der Waals surface area contributed by atoms with Gasteiger partial charge in [-0.25, -0.2) is 8.42 Å². The van der Waals surface area contributed by atoms with Gasteiger partial charge in [-0.05, 0) is 49.6 Å². The Kier molecular flexibility index (Phi) is 9.88. The standard InChI is InChI=1S/C24H32ClN3O4S/c1-5-18(3)26-24(30)22(6-2)28(16-19-10-8-7-9-11-19)23(29)17-27(4)33(31,32)21-14-12-20(25)13-15-21/h7-15,18,22H,5-6,16-17H2,1-4H3,(H,26,30)/t18-,22-/m1/s1. The maximum atomic E-state index is 13.4. The first-order valence-electron chi connectivity index (χ1n) is 11.0. The quantitative estimate of drug-likeness (QED) is 0.517. The van der Waals surface area contributed by atoms with Crippen LogP contribution in [0.2, 0.25) is 5.02 Å². The van der Waals surface area contributed by atoms with Crippen molar-refractivity contribution in [3.8, 4) is 0 Å². The van der Waals surface area contributed by atoms with Crippen LogP contribution in [0, 0.1) is 0 Å². The topological polar surface area (TPSA) is 86.8 Å². The normalized spacial score (nSPS) is 13.4. The van der Waals surface area contributed by atoms with Crippen LogP contribution in [-0.2, 0) is 26.2 Å². The summed E-state index contributed by atoms with van der Waals surface area (Å²) < 4.78 is 26.9. The highest BCUT2D eigenvalue weighted by molar-refractivity contribution is 7.89. The Morgan fingerprint density at radius 1 is 1.00 bits per heavy atom. The zero-order valence-electron chi connectivity index (χ0n) is 19.5. The molecule has 1 N–H and O–H groups in total. The molecule has 0 unspecified atom stereocenters. The number of amides is 2. The molecule has 9 heteroatoms. The molecule has 180 valence electrons. The summed E-state index contributed by atoms with van der Waals surface area (Å²) in [6, 6.07) is 14.3. The number of likely N-dealkylation sites (N-methyl/N-ethyl adjacent to an activating group) is 1. The number of hydrogen-bond acceptors (Lipinski definition) is 4. The smallest absolute Gasteiger partial charge is 0.243 e. The van der Waals surface area contributed by atoms with E-state index in [-0.39, 0.29) is 23.4 Å². The van der Waals surface area contributed by atoms with E-state index in [9.17, 15) is 18.0 Å². The van der Waals surface area contributed by atoms with Gasteiger partial charge in [0, 0.05) is 24.7 Å². The number of rotatable bonds is 11. The van der Waals surface area contributed by atoms with Gasteiger partial charge in [-0.2, -0.15) is 4.31 Å². The van der Waals surface area contributed by atoms with E-state index in [0.29, 0.717) is 11.4 Å². The average Bonchev–Trinajstić information content (AvgIpc) is 2.79. The number of benzene rings is 2. The molecule has 0 bridgehead atoms. The Morgan fingerprint density at radius 3 is 2.15 bits per heavy atom. The fraction of sp³-hybridized carbons (Fsp3) is 0.417. The Bertz CT molecular complexity index is 1030. The Morgan fingerprint density at radius 2 is 1.61 bits per heavy atom. The zero-order chi connectivity index (χ0) is 24.6. The van der Waals surface area contributed by atoms with Crippen molar-refractivity contribution in [2.75, 3.05) is 13.6 Å². The molecule has 0 aliphatic rings. The van der Waals surface area contributed by atoms with Crippen molar-refractivity contribution in [3.63, 3.8) is 0 Å². The fourth-order valence-corrected chi connectivity index (χ4v) is 4.54. The van der Waals surface area contributed by atoms with Gasteiger partial charge >= 0.3 is 0 Å². The van der Waals surface area contributed by atoms with Gasteiger partial charge in [0.25, 0.3) is 0 Å². The first-order valence-corrected chi connectivity index (χ1v) is 12.8. The lowest BCUT2D eigenvalue weighted by Gasteiger charge is -2.32. The second-order valence-corrected chi connectivity index (χ2v) is 10.4. The third-order valence-corrected chi connectivity index (χ3v) is 7.53. The van der Waals surface area contributed by atoms with E-state index in [1.165, 1.54) is 36.2 Å². The first-order chi connectivity index (χ1) is 15.6.